The molecule has 0 aliphatic heterocycles. The van der Waals surface area contributed by atoms with E-state index in [2.05, 4.69) is 21.2 Å². The molecule has 0 heterocycles. The fraction of sp³-hybridized carbons (Fsp3) is 0.812. The van der Waals surface area contributed by atoms with Gasteiger partial charge in [0.05, 0.1) is 13.2 Å². The summed E-state index contributed by atoms with van der Waals surface area (Å²) in [6.07, 6.45) is 4.85. The van der Waals surface area contributed by atoms with Gasteiger partial charge in [0, 0.05) is 12.3 Å². The Morgan fingerprint density at radius 1 is 0.913 bits per heavy atom. The van der Waals surface area contributed by atoms with Gasteiger partial charge in [0.1, 0.15) is 0 Å². The third-order valence-electron chi connectivity index (χ3n) is 3.32. The van der Waals surface area contributed by atoms with Crippen molar-refractivity contribution in [1.82, 2.24) is 5.32 Å². The second-order valence-corrected chi connectivity index (χ2v) is 6.03. The lowest BCUT2D eigenvalue weighted by Gasteiger charge is -2.29. The number of nitrogens with one attached hydrogen (secondary N) is 1. The number of hydrogen-bond acceptors (Lipinski definition) is 5. The van der Waals surface area contributed by atoms with Gasteiger partial charge in [0.2, 0.25) is 11.4 Å². The van der Waals surface area contributed by atoms with E-state index in [0.29, 0.717) is 6.42 Å². The van der Waals surface area contributed by atoms with E-state index in [0.717, 1.165) is 31.0 Å². The van der Waals surface area contributed by atoms with Crippen molar-refractivity contribution < 1.29 is 23.9 Å². The third kappa shape index (κ3) is 7.81. The summed E-state index contributed by atoms with van der Waals surface area (Å²) >= 11 is 3.38. The van der Waals surface area contributed by atoms with Crippen LogP contribution in [0.4, 0.5) is 0 Å². The number of ether oxygens (including phenoxy) is 2. The smallest absolute Gasteiger partial charge is 0.343 e. The molecular weight excluding hydrogens is 366 g/mol. The lowest BCUT2D eigenvalue weighted by molar-refractivity contribution is -0.168. The number of unbranched alkanes of at least 4 members (excludes halogenated alkanes) is 4. The molecule has 23 heavy (non-hydrogen) atoms. The van der Waals surface area contributed by atoms with Gasteiger partial charge < -0.3 is 14.8 Å². The topological polar surface area (TPSA) is 81.7 Å². The van der Waals surface area contributed by atoms with Crippen LogP contribution < -0.4 is 5.32 Å². The maximum atomic E-state index is 12.3. The van der Waals surface area contributed by atoms with Gasteiger partial charge in [-0.25, -0.2) is 9.59 Å². The molecule has 0 unspecified atom stereocenters. The van der Waals surface area contributed by atoms with E-state index in [4.69, 9.17) is 9.47 Å². The molecule has 0 aromatic carbocycles. The molecule has 0 spiro atoms. The van der Waals surface area contributed by atoms with Crippen molar-refractivity contribution in [2.45, 2.75) is 64.8 Å². The number of rotatable bonds is 12. The van der Waals surface area contributed by atoms with E-state index in [1.54, 1.807) is 13.8 Å². The van der Waals surface area contributed by atoms with Crippen molar-refractivity contribution in [3.05, 3.63) is 0 Å². The molecule has 0 atom stereocenters. The Bertz CT molecular complexity index is 369. The third-order valence-corrected chi connectivity index (χ3v) is 3.88. The molecule has 134 valence electrons. The Balaban J connectivity index is 5.01. The number of carbonyl (C=O) groups excluding carboxylic acids is 3. The van der Waals surface area contributed by atoms with Crippen LogP contribution in [0.5, 0.6) is 0 Å². The average molecular weight is 394 g/mol. The van der Waals surface area contributed by atoms with Crippen LogP contribution in [0, 0.1) is 0 Å². The van der Waals surface area contributed by atoms with E-state index >= 15 is 0 Å². The highest BCUT2D eigenvalue weighted by Crippen LogP contribution is 2.21. The van der Waals surface area contributed by atoms with Crippen molar-refractivity contribution >= 4 is 33.8 Å². The van der Waals surface area contributed by atoms with Gasteiger partial charge in [-0.1, -0.05) is 35.2 Å². The molecule has 0 bridgehead atoms. The molecule has 0 aromatic rings. The van der Waals surface area contributed by atoms with Gasteiger partial charge in [-0.15, -0.1) is 0 Å². The standard InChI is InChI=1S/C16H28BrNO5/c1-4-22-14(20)16(18-13(3)19,15(21)23-5-2)11-9-7-6-8-10-12-17/h4-12H2,1-3H3,(H,18,19). The maximum Gasteiger partial charge on any atom is 0.343 e. The molecule has 0 saturated heterocycles. The predicted octanol–water partition coefficient (Wildman–Crippen LogP) is 2.72. The summed E-state index contributed by atoms with van der Waals surface area (Å²) in [7, 11) is 0. The number of esters is 2. The SMILES string of the molecule is CCOC(=O)C(CCCCCCCBr)(NC(C)=O)C(=O)OCC. The van der Waals surface area contributed by atoms with Gasteiger partial charge in [-0.3, -0.25) is 4.79 Å². The number of carbonyl (C=O) groups is 3. The summed E-state index contributed by atoms with van der Waals surface area (Å²) in [5.74, 6) is -1.98. The van der Waals surface area contributed by atoms with Gasteiger partial charge in [-0.05, 0) is 33.1 Å². The van der Waals surface area contributed by atoms with E-state index < -0.39 is 23.4 Å². The highest BCUT2D eigenvalue weighted by Gasteiger charge is 2.49. The Morgan fingerprint density at radius 3 is 1.83 bits per heavy atom. The number of halogens is 1. The zero-order valence-electron chi connectivity index (χ0n) is 14.3. The van der Waals surface area contributed by atoms with E-state index in [1.165, 1.54) is 6.92 Å². The fourth-order valence-electron chi connectivity index (χ4n) is 2.28. The highest BCUT2D eigenvalue weighted by molar-refractivity contribution is 9.09. The molecule has 0 aromatic heterocycles. The molecule has 0 aliphatic carbocycles. The minimum atomic E-state index is -1.74. The minimum Gasteiger partial charge on any atom is -0.464 e. The van der Waals surface area contributed by atoms with Gasteiger partial charge in [-0.2, -0.15) is 0 Å². The molecule has 0 rings (SSSR count). The maximum absolute atomic E-state index is 12.3. The van der Waals surface area contributed by atoms with Crippen LogP contribution >= 0.6 is 15.9 Å². The molecule has 1 amide bonds. The molecule has 0 saturated carbocycles. The summed E-state index contributed by atoms with van der Waals surface area (Å²) in [4.78, 5) is 36.2. The van der Waals surface area contributed by atoms with Crippen LogP contribution in [0.3, 0.4) is 0 Å². The summed E-state index contributed by atoms with van der Waals surface area (Å²) in [6, 6.07) is 0. The largest absolute Gasteiger partial charge is 0.464 e. The van der Waals surface area contributed by atoms with Gasteiger partial charge in [0.25, 0.3) is 0 Å². The van der Waals surface area contributed by atoms with E-state index in [1.807, 2.05) is 0 Å². The van der Waals surface area contributed by atoms with Crippen LogP contribution in [0.1, 0.15) is 59.3 Å². The molecule has 6 nitrogen and oxygen atoms in total. The molecule has 1 N–H and O–H groups in total. The Kier molecular flexibility index (Phi) is 11.7. The van der Waals surface area contributed by atoms with Crippen LogP contribution in [0.15, 0.2) is 0 Å². The number of hydrogen-bond donors (Lipinski definition) is 1. The van der Waals surface area contributed by atoms with Crippen LogP contribution in [0.25, 0.3) is 0 Å². The average Bonchev–Trinajstić information content (AvgIpc) is 2.49. The quantitative estimate of drug-likeness (QED) is 0.238. The first-order valence-electron chi connectivity index (χ1n) is 8.13. The molecule has 0 aliphatic rings. The van der Waals surface area contributed by atoms with Crippen molar-refractivity contribution in [3.63, 3.8) is 0 Å². The second-order valence-electron chi connectivity index (χ2n) is 5.23. The first-order chi connectivity index (χ1) is 10.9. The fourth-order valence-corrected chi connectivity index (χ4v) is 2.67. The highest BCUT2D eigenvalue weighted by atomic mass is 79.9. The van der Waals surface area contributed by atoms with Crippen molar-refractivity contribution in [1.29, 1.82) is 0 Å². The first-order valence-corrected chi connectivity index (χ1v) is 9.25. The van der Waals surface area contributed by atoms with Crippen molar-refractivity contribution in [2.24, 2.45) is 0 Å². The summed E-state index contributed by atoms with van der Waals surface area (Å²) in [6.45, 7) is 4.84. The summed E-state index contributed by atoms with van der Waals surface area (Å²) in [5, 5.41) is 3.44. The predicted molar refractivity (Wildman–Crippen MR) is 91.3 cm³/mol. The summed E-state index contributed by atoms with van der Waals surface area (Å²) < 4.78 is 10.0. The first kappa shape index (κ1) is 21.9. The second kappa shape index (κ2) is 12.3. The molecular formula is C16H28BrNO5. The lowest BCUT2D eigenvalue weighted by Crippen LogP contribution is -2.61. The number of amides is 1. The molecule has 7 heteroatoms. The minimum absolute atomic E-state index is 0.130. The summed E-state index contributed by atoms with van der Waals surface area (Å²) in [5.41, 5.74) is -1.74. The Labute approximate surface area is 146 Å². The monoisotopic (exact) mass is 393 g/mol. The van der Waals surface area contributed by atoms with Crippen molar-refractivity contribution in [2.75, 3.05) is 18.5 Å². The Hall–Kier alpha value is -1.11. The number of alkyl halides is 1. The van der Waals surface area contributed by atoms with Crippen LogP contribution in [0.2, 0.25) is 0 Å². The van der Waals surface area contributed by atoms with E-state index in [-0.39, 0.29) is 19.6 Å². The zero-order valence-corrected chi connectivity index (χ0v) is 15.9. The molecule has 0 fully saturated rings. The zero-order chi connectivity index (χ0) is 17.7. The van der Waals surface area contributed by atoms with Gasteiger partial charge in [0.15, 0.2) is 0 Å². The van der Waals surface area contributed by atoms with Gasteiger partial charge >= 0.3 is 11.9 Å². The van der Waals surface area contributed by atoms with Crippen LogP contribution in [-0.4, -0.2) is 41.9 Å². The normalized spacial score (nSPS) is 11.0. The van der Waals surface area contributed by atoms with Crippen molar-refractivity contribution in [3.8, 4) is 0 Å². The van der Waals surface area contributed by atoms with E-state index in [9.17, 15) is 14.4 Å². The lowest BCUT2D eigenvalue weighted by atomic mass is 9.91. The Morgan fingerprint density at radius 2 is 1.39 bits per heavy atom. The molecule has 0 radical (unpaired) electrons. The van der Waals surface area contributed by atoms with Crippen LogP contribution in [-0.2, 0) is 23.9 Å².